The van der Waals surface area contributed by atoms with Gasteiger partial charge in [0.05, 0.1) is 46.2 Å². The van der Waals surface area contributed by atoms with Gasteiger partial charge in [-0.3, -0.25) is 48.3 Å². The maximum absolute atomic E-state index is 14.8. The van der Waals surface area contributed by atoms with Gasteiger partial charge in [-0.1, -0.05) is 80.3 Å². The number of amides is 8. The number of nitrogens with one attached hydrogen (secondary N) is 8. The number of unbranched alkanes of at least 4 members (excludes halogenated alkanes) is 6. The van der Waals surface area contributed by atoms with Crippen molar-refractivity contribution in [2.45, 2.75) is 115 Å². The Kier molecular flexibility index (Phi) is 36.3. The molecule has 31 heteroatoms. The van der Waals surface area contributed by atoms with Crippen molar-refractivity contribution in [3.63, 3.8) is 0 Å². The molecule has 3 aromatic rings. The van der Waals surface area contributed by atoms with Crippen molar-refractivity contribution < 1.29 is 76.8 Å². The van der Waals surface area contributed by atoms with E-state index < -0.39 is 79.9 Å². The first-order chi connectivity index (χ1) is 44.2. The molecule has 30 nitrogen and oxygen atoms in total. The molecular weight excluding hydrogens is 1220 g/mol. The van der Waals surface area contributed by atoms with Crippen molar-refractivity contribution >= 4 is 77.5 Å². The molecule has 0 saturated carbocycles. The van der Waals surface area contributed by atoms with Crippen LogP contribution in [0.3, 0.4) is 0 Å². The minimum absolute atomic E-state index is 0.00587. The zero-order valence-electron chi connectivity index (χ0n) is 52.5. The fraction of sp³-hybridized carbons (Fsp3) is 0.574. The van der Waals surface area contributed by atoms with Gasteiger partial charge in [0.25, 0.3) is 0 Å². The molecule has 5 atom stereocenters. The molecule has 0 spiro atoms. The Labute approximate surface area is 536 Å². The first-order valence-electron chi connectivity index (χ1n) is 31.1. The number of benzene rings is 3. The minimum Gasteiger partial charge on any atom is -0.779 e. The number of ether oxygens (including phenoxy) is 4. The Morgan fingerprint density at radius 1 is 0.620 bits per heavy atom. The summed E-state index contributed by atoms with van der Waals surface area (Å²) >= 11 is 0. The number of nitrogens with zero attached hydrogens (tertiary/aromatic N) is 3. The van der Waals surface area contributed by atoms with E-state index in [1.807, 2.05) is 42.5 Å². The maximum atomic E-state index is 14.8. The summed E-state index contributed by atoms with van der Waals surface area (Å²) in [5.74, 6) is -4.14. The number of rotatable bonds is 41. The van der Waals surface area contributed by atoms with Crippen LogP contribution < -0.4 is 64.6 Å². The first kappa shape index (κ1) is 76.5. The van der Waals surface area contributed by atoms with Crippen molar-refractivity contribution in [1.82, 2.24) is 47.4 Å². The summed E-state index contributed by atoms with van der Waals surface area (Å²) in [6.07, 6.45) is 5.34. The predicted octanol–water partition coefficient (Wildman–Crippen LogP) is -1.44. The Hall–Kier alpha value is -7.99. The third-order valence-corrected chi connectivity index (χ3v) is 15.1. The fourth-order valence-electron chi connectivity index (χ4n) is 9.37. The summed E-state index contributed by atoms with van der Waals surface area (Å²) in [5, 5.41) is 34.1. The van der Waals surface area contributed by atoms with Gasteiger partial charge >= 0.3 is 0 Å². The molecule has 1 aliphatic rings. The number of aliphatic imine (C=N–C) groups is 2. The van der Waals surface area contributed by atoms with Gasteiger partial charge in [-0.2, -0.15) is 0 Å². The van der Waals surface area contributed by atoms with E-state index >= 15 is 0 Å². The second-order valence-corrected chi connectivity index (χ2v) is 23.6. The number of carbonyl (C=O) groups is 8. The number of phenols is 1. The van der Waals surface area contributed by atoms with E-state index in [2.05, 4.69) is 52.5 Å². The van der Waals surface area contributed by atoms with Crippen LogP contribution in [0.25, 0.3) is 10.8 Å². The highest BCUT2D eigenvalue weighted by molar-refractivity contribution is 7.50. The highest BCUT2D eigenvalue weighted by Crippen LogP contribution is 2.29. The van der Waals surface area contributed by atoms with Gasteiger partial charge in [-0.05, 0) is 79.5 Å². The van der Waals surface area contributed by atoms with Gasteiger partial charge in [-0.25, -0.2) is 0 Å². The van der Waals surface area contributed by atoms with Gasteiger partial charge in [0.2, 0.25) is 47.3 Å². The lowest BCUT2D eigenvalue weighted by atomic mass is 10.0. The number of nitrogens with two attached hydrogens (primary N) is 3. The summed E-state index contributed by atoms with van der Waals surface area (Å²) in [7, 11) is -4.48. The third-order valence-electron chi connectivity index (χ3n) is 14.3. The molecule has 0 aliphatic carbocycles. The number of phenolic OH excluding ortho intramolecular Hbond substituents is 1. The zero-order chi connectivity index (χ0) is 66.9. The SMILES string of the molecule is C[C@@H]1C(=O)N[C@@H](CCCN=C(N)N)C(=O)N[C@@H](Cc2ccc3ccccc3c2)C(=O)NCC(=O)N[C@H](Cc2ccc(O)cc2)C(=O)N1CCCCCCNC(N)=NCCCCCCNC(=O)COCCOCCNC(=O)COCCOCCNC(=O)CCP(=O)([O-])O. The van der Waals surface area contributed by atoms with Gasteiger partial charge in [0.15, 0.2) is 11.9 Å². The van der Waals surface area contributed by atoms with E-state index in [0.29, 0.717) is 44.0 Å². The van der Waals surface area contributed by atoms with E-state index in [0.717, 1.165) is 54.9 Å². The summed E-state index contributed by atoms with van der Waals surface area (Å²) in [5.41, 5.74) is 18.6. The zero-order valence-corrected chi connectivity index (χ0v) is 53.4. The van der Waals surface area contributed by atoms with Crippen LogP contribution in [0.2, 0.25) is 0 Å². The smallest absolute Gasteiger partial charge is 0.246 e. The highest BCUT2D eigenvalue weighted by atomic mass is 31.2. The molecule has 1 heterocycles. The average molecular weight is 1310 g/mol. The molecule has 1 unspecified atom stereocenters. The molecule has 0 aromatic heterocycles. The number of guanidine groups is 2. The van der Waals surface area contributed by atoms with Crippen LogP contribution in [-0.4, -0.2) is 210 Å². The van der Waals surface area contributed by atoms with E-state index in [1.54, 1.807) is 19.1 Å². The van der Waals surface area contributed by atoms with Crippen molar-refractivity contribution in [3.05, 3.63) is 77.9 Å². The molecule has 3 aromatic carbocycles. The number of hydrogen-bond donors (Lipinski definition) is 13. The Morgan fingerprint density at radius 2 is 1.18 bits per heavy atom. The fourth-order valence-corrected chi connectivity index (χ4v) is 9.85. The lowest BCUT2D eigenvalue weighted by molar-refractivity contribution is -0.193. The van der Waals surface area contributed by atoms with Crippen molar-refractivity contribution in [2.75, 3.05) is 111 Å². The minimum atomic E-state index is -4.48. The Bertz CT molecular complexity index is 2900. The number of aromatic hydroxyl groups is 1. The van der Waals surface area contributed by atoms with Crippen LogP contribution in [0.1, 0.15) is 88.7 Å². The Balaban J connectivity index is 1.14. The predicted molar refractivity (Wildman–Crippen MR) is 342 cm³/mol. The summed E-state index contributed by atoms with van der Waals surface area (Å²) < 4.78 is 32.0. The van der Waals surface area contributed by atoms with Crippen LogP contribution in [0, 0.1) is 0 Å². The molecule has 4 rings (SSSR count). The lowest BCUT2D eigenvalue weighted by Gasteiger charge is -2.33. The molecule has 0 bridgehead atoms. The van der Waals surface area contributed by atoms with Crippen LogP contribution in [0.5, 0.6) is 5.75 Å². The molecule has 16 N–H and O–H groups in total. The van der Waals surface area contributed by atoms with E-state index in [1.165, 1.54) is 17.0 Å². The second-order valence-electron chi connectivity index (χ2n) is 21.9. The van der Waals surface area contributed by atoms with Crippen LogP contribution >= 0.6 is 7.60 Å². The molecule has 1 fully saturated rings. The normalized spacial score (nSPS) is 17.4. The number of hydrogen-bond acceptors (Lipinski definition) is 17. The van der Waals surface area contributed by atoms with Gasteiger partial charge in [0, 0.05) is 71.2 Å². The van der Waals surface area contributed by atoms with Crippen LogP contribution in [0.15, 0.2) is 76.7 Å². The van der Waals surface area contributed by atoms with Crippen molar-refractivity contribution in [1.29, 1.82) is 0 Å². The molecule has 510 valence electrons. The van der Waals surface area contributed by atoms with Gasteiger partial charge in [-0.15, -0.1) is 0 Å². The van der Waals surface area contributed by atoms with Crippen LogP contribution in [0.4, 0.5) is 0 Å². The standard InChI is InChI=1S/C61H95N14O16P/c1-43-56(81)73-49(15-12-26-68-60(62)63)58(83)74-50(39-45-16-19-46-13-6-7-14-47(46)37-45)57(82)71-40-53(78)72-51(38-44-17-20-48(76)21-18-44)59(84)75(43)29-11-5-4-10-25-70-61(64)69-24-9-3-2-8-23-65-54(79)41-90-34-33-89-31-28-67-55(80)42-91-35-32-88-30-27-66-52(77)22-36-92(85,86)87/h6-7,13-14,16-21,37,43,49-51,76H,2-5,8-12,15,22-36,38-42H2,1H3,(H,65,79)(H,66,77)(H,67,80)(H,71,82)(H,72,78)(H,73,81)(H,74,83)(H4,62,63,68)(H3,64,69,70)(H2,85,86,87)/p-1/t43-,49+,50+,51-/m1/s1. The molecule has 1 aliphatic heterocycles. The summed E-state index contributed by atoms with van der Waals surface area (Å²) in [6, 6.07) is 14.9. The molecule has 1 saturated heterocycles. The first-order valence-corrected chi connectivity index (χ1v) is 32.9. The van der Waals surface area contributed by atoms with Gasteiger partial charge in [0.1, 0.15) is 50.7 Å². The molecule has 0 radical (unpaired) electrons. The molecule has 92 heavy (non-hydrogen) atoms. The average Bonchev–Trinajstić information content (AvgIpc) is 1.88. The van der Waals surface area contributed by atoms with Gasteiger partial charge < -0.3 is 103 Å². The highest BCUT2D eigenvalue weighted by Gasteiger charge is 2.35. The Morgan fingerprint density at radius 3 is 1.85 bits per heavy atom. The maximum Gasteiger partial charge on any atom is 0.246 e. The number of carbonyl (C=O) groups excluding carboxylic acids is 8. The van der Waals surface area contributed by atoms with Crippen LogP contribution in [-0.2, 0) is 74.7 Å². The quantitative estimate of drug-likeness (QED) is 0.0134. The third kappa shape index (κ3) is 33.4. The second kappa shape index (κ2) is 43.7. The monoisotopic (exact) mass is 1310 g/mol. The van der Waals surface area contributed by atoms with E-state index in [4.69, 9.17) is 41.0 Å². The number of fused-ring (bicyclic) bond motifs is 1. The summed E-state index contributed by atoms with van der Waals surface area (Å²) in [6.45, 7) is 4.07. The van der Waals surface area contributed by atoms with Crippen molar-refractivity contribution in [2.24, 2.45) is 27.2 Å². The summed E-state index contributed by atoms with van der Waals surface area (Å²) in [4.78, 5) is 136. The van der Waals surface area contributed by atoms with E-state index in [9.17, 15) is 52.9 Å². The van der Waals surface area contributed by atoms with E-state index in [-0.39, 0.29) is 135 Å². The van der Waals surface area contributed by atoms with Crippen molar-refractivity contribution in [3.8, 4) is 5.75 Å². The molecule has 8 amide bonds. The topological polar surface area (TPSA) is 456 Å². The largest absolute Gasteiger partial charge is 0.779 e. The lowest BCUT2D eigenvalue weighted by Crippen LogP contribution is -2.58. The molecular formula is C61H94N14O16P-.